The monoisotopic (exact) mass is 345 g/mol. The Balaban J connectivity index is 1.70. The van der Waals surface area contributed by atoms with Crippen LogP contribution >= 0.6 is 11.3 Å². The number of thiophene rings is 1. The Morgan fingerprint density at radius 1 is 1.25 bits per heavy atom. The number of amides is 1. The van der Waals surface area contributed by atoms with Crippen molar-refractivity contribution in [2.45, 2.75) is 12.0 Å². The molecule has 0 aliphatic rings. The number of halogens is 1. The molecule has 124 valence electrons. The number of carbonyl (C=O) groups is 1. The van der Waals surface area contributed by atoms with Crippen LogP contribution in [-0.4, -0.2) is 17.6 Å². The lowest BCUT2D eigenvalue weighted by molar-refractivity contribution is -0.121. The van der Waals surface area contributed by atoms with Crippen molar-refractivity contribution in [1.29, 1.82) is 0 Å². The molecule has 3 aromatic rings. The minimum atomic E-state index is -1.35. The summed E-state index contributed by atoms with van der Waals surface area (Å²) < 4.78 is 18.0. The van der Waals surface area contributed by atoms with Gasteiger partial charge >= 0.3 is 0 Å². The van der Waals surface area contributed by atoms with Gasteiger partial charge in [-0.15, -0.1) is 11.3 Å². The van der Waals surface area contributed by atoms with Crippen LogP contribution in [0.5, 0.6) is 0 Å². The molecule has 2 heterocycles. The Morgan fingerprint density at radius 3 is 2.67 bits per heavy atom. The van der Waals surface area contributed by atoms with Gasteiger partial charge in [0.2, 0.25) is 5.91 Å². The minimum absolute atomic E-state index is 0.0209. The molecule has 0 fully saturated rings. The Bertz CT molecular complexity index is 748. The molecule has 2 N–H and O–H groups in total. The lowest BCUT2D eigenvalue weighted by Crippen LogP contribution is -2.41. The standard InChI is InChI=1S/C18H16FNO3S/c19-15-5-3-13(4-6-15)10-17(21)20-12-18(22,14-7-8-23-11-14)16-2-1-9-24-16/h1-9,11,22H,10,12H2,(H,20,21)/t18-/m1/s1. The summed E-state index contributed by atoms with van der Waals surface area (Å²) in [4.78, 5) is 12.9. The molecule has 0 saturated heterocycles. The van der Waals surface area contributed by atoms with Crippen molar-refractivity contribution in [3.05, 3.63) is 82.2 Å². The van der Waals surface area contributed by atoms with Crippen LogP contribution in [0.3, 0.4) is 0 Å². The third-order valence-electron chi connectivity index (χ3n) is 3.75. The molecule has 3 rings (SSSR count). The van der Waals surface area contributed by atoms with Crippen LogP contribution in [0, 0.1) is 5.82 Å². The lowest BCUT2D eigenvalue weighted by atomic mass is 9.94. The normalized spacial score (nSPS) is 13.4. The van der Waals surface area contributed by atoms with Crippen molar-refractivity contribution in [2.75, 3.05) is 6.54 Å². The van der Waals surface area contributed by atoms with E-state index >= 15 is 0 Å². The van der Waals surface area contributed by atoms with Crippen LogP contribution in [0.25, 0.3) is 0 Å². The van der Waals surface area contributed by atoms with Gasteiger partial charge in [0.05, 0.1) is 25.5 Å². The highest BCUT2D eigenvalue weighted by atomic mass is 32.1. The van der Waals surface area contributed by atoms with E-state index in [4.69, 9.17) is 4.42 Å². The second-order valence-corrected chi connectivity index (χ2v) is 6.38. The number of rotatable bonds is 6. The number of carbonyl (C=O) groups excluding carboxylic acids is 1. The van der Waals surface area contributed by atoms with Crippen LogP contribution in [0.4, 0.5) is 4.39 Å². The average Bonchev–Trinajstić information content (AvgIpc) is 3.28. The van der Waals surface area contributed by atoms with Gasteiger partial charge in [-0.3, -0.25) is 4.79 Å². The largest absolute Gasteiger partial charge is 0.472 e. The van der Waals surface area contributed by atoms with E-state index in [9.17, 15) is 14.3 Å². The fraction of sp³-hybridized carbons (Fsp3) is 0.167. The van der Waals surface area contributed by atoms with Gasteiger partial charge in [0.25, 0.3) is 0 Å². The average molecular weight is 345 g/mol. The molecular weight excluding hydrogens is 329 g/mol. The van der Waals surface area contributed by atoms with Crippen molar-refractivity contribution in [3.63, 3.8) is 0 Å². The molecule has 4 nitrogen and oxygen atoms in total. The number of hydrogen-bond donors (Lipinski definition) is 2. The second-order valence-electron chi connectivity index (χ2n) is 5.43. The molecular formula is C18H16FNO3S. The van der Waals surface area contributed by atoms with E-state index in [1.54, 1.807) is 18.2 Å². The van der Waals surface area contributed by atoms with Gasteiger partial charge in [0, 0.05) is 10.4 Å². The van der Waals surface area contributed by atoms with E-state index in [0.717, 1.165) is 0 Å². The van der Waals surface area contributed by atoms with Crippen molar-refractivity contribution < 1.29 is 18.7 Å². The topological polar surface area (TPSA) is 62.5 Å². The Morgan fingerprint density at radius 2 is 2.04 bits per heavy atom. The first-order valence-electron chi connectivity index (χ1n) is 7.38. The molecule has 1 aromatic carbocycles. The minimum Gasteiger partial charge on any atom is -0.472 e. The number of hydrogen-bond acceptors (Lipinski definition) is 4. The lowest BCUT2D eigenvalue weighted by Gasteiger charge is -2.26. The molecule has 0 spiro atoms. The first-order chi connectivity index (χ1) is 11.6. The highest BCUT2D eigenvalue weighted by Crippen LogP contribution is 2.32. The first kappa shape index (κ1) is 16.4. The summed E-state index contributed by atoms with van der Waals surface area (Å²) in [6, 6.07) is 11.1. The van der Waals surface area contributed by atoms with Gasteiger partial charge in [-0.1, -0.05) is 18.2 Å². The molecule has 0 aliphatic heterocycles. The van der Waals surface area contributed by atoms with Crippen LogP contribution in [0.2, 0.25) is 0 Å². The fourth-order valence-electron chi connectivity index (χ4n) is 2.42. The molecule has 24 heavy (non-hydrogen) atoms. The highest BCUT2D eigenvalue weighted by molar-refractivity contribution is 7.10. The third kappa shape index (κ3) is 3.55. The predicted molar refractivity (Wildman–Crippen MR) is 89.1 cm³/mol. The summed E-state index contributed by atoms with van der Waals surface area (Å²) in [5.74, 6) is -0.591. The van der Waals surface area contributed by atoms with Crippen LogP contribution in [0.1, 0.15) is 16.0 Å². The summed E-state index contributed by atoms with van der Waals surface area (Å²) >= 11 is 1.40. The molecule has 0 aliphatic carbocycles. The van der Waals surface area contributed by atoms with E-state index in [1.165, 1.54) is 36.0 Å². The summed E-state index contributed by atoms with van der Waals surface area (Å²) in [5, 5.41) is 15.7. The maximum absolute atomic E-state index is 12.9. The van der Waals surface area contributed by atoms with Gasteiger partial charge in [-0.25, -0.2) is 4.39 Å². The van der Waals surface area contributed by atoms with Crippen LogP contribution in [-0.2, 0) is 16.8 Å². The van der Waals surface area contributed by atoms with Crippen LogP contribution < -0.4 is 5.32 Å². The molecule has 0 saturated carbocycles. The SMILES string of the molecule is O=C(Cc1ccc(F)cc1)NC[C@@](O)(c1ccoc1)c1cccs1. The molecule has 0 unspecified atom stereocenters. The van der Waals surface area contributed by atoms with Crippen LogP contribution in [0.15, 0.2) is 64.8 Å². The zero-order chi connectivity index (χ0) is 17.0. The van der Waals surface area contributed by atoms with Crippen molar-refractivity contribution in [3.8, 4) is 0 Å². The first-order valence-corrected chi connectivity index (χ1v) is 8.26. The Labute approximate surface area is 142 Å². The maximum Gasteiger partial charge on any atom is 0.224 e. The number of aliphatic hydroxyl groups is 1. The molecule has 0 bridgehead atoms. The quantitative estimate of drug-likeness (QED) is 0.722. The number of furan rings is 1. The third-order valence-corrected chi connectivity index (χ3v) is 4.77. The second kappa shape index (κ2) is 6.98. The molecule has 0 radical (unpaired) electrons. The number of benzene rings is 1. The summed E-state index contributed by atoms with van der Waals surface area (Å²) in [5.41, 5.74) is -0.0662. The fourth-order valence-corrected chi connectivity index (χ4v) is 3.27. The van der Waals surface area contributed by atoms with E-state index in [1.807, 2.05) is 17.5 Å². The summed E-state index contributed by atoms with van der Waals surface area (Å²) in [6.45, 7) is 0.0209. The van der Waals surface area contributed by atoms with E-state index in [0.29, 0.717) is 16.0 Å². The van der Waals surface area contributed by atoms with Gasteiger partial charge < -0.3 is 14.8 Å². The molecule has 2 aromatic heterocycles. The summed E-state index contributed by atoms with van der Waals surface area (Å²) in [6.07, 6.45) is 3.06. The number of nitrogens with one attached hydrogen (secondary N) is 1. The Kier molecular flexibility index (Phi) is 4.78. The highest BCUT2D eigenvalue weighted by Gasteiger charge is 2.34. The van der Waals surface area contributed by atoms with E-state index < -0.39 is 5.60 Å². The van der Waals surface area contributed by atoms with Gasteiger partial charge in [0.1, 0.15) is 11.4 Å². The van der Waals surface area contributed by atoms with Crippen molar-refractivity contribution in [1.82, 2.24) is 5.32 Å². The molecule has 1 amide bonds. The maximum atomic E-state index is 12.9. The zero-order valence-corrected chi connectivity index (χ0v) is 13.6. The smallest absolute Gasteiger partial charge is 0.224 e. The Hall–Kier alpha value is -2.44. The molecule has 6 heteroatoms. The van der Waals surface area contributed by atoms with Crippen molar-refractivity contribution >= 4 is 17.2 Å². The van der Waals surface area contributed by atoms with Crippen molar-refractivity contribution in [2.24, 2.45) is 0 Å². The van der Waals surface area contributed by atoms with E-state index in [-0.39, 0.29) is 24.7 Å². The predicted octanol–water partition coefficient (Wildman–Crippen LogP) is 3.08. The molecule has 1 atom stereocenters. The van der Waals surface area contributed by atoms with Gasteiger partial charge in [-0.05, 0) is 35.2 Å². The summed E-state index contributed by atoms with van der Waals surface area (Å²) in [7, 11) is 0. The van der Waals surface area contributed by atoms with Gasteiger partial charge in [0.15, 0.2) is 0 Å². The van der Waals surface area contributed by atoms with E-state index in [2.05, 4.69) is 5.32 Å². The zero-order valence-electron chi connectivity index (χ0n) is 12.7. The van der Waals surface area contributed by atoms with Gasteiger partial charge in [-0.2, -0.15) is 0 Å².